The molecule has 8 nitrogen and oxygen atoms in total. The number of ether oxygens (including phenoxy) is 2. The highest BCUT2D eigenvalue weighted by atomic mass is 19.1. The fourth-order valence-electron chi connectivity index (χ4n) is 3.99. The zero-order valence-electron chi connectivity index (χ0n) is 19.8. The van der Waals surface area contributed by atoms with Gasteiger partial charge in [0.25, 0.3) is 0 Å². The highest BCUT2D eigenvalue weighted by Gasteiger charge is 2.26. The minimum Gasteiger partial charge on any atom is -0.439 e. The van der Waals surface area contributed by atoms with E-state index in [1.165, 1.54) is 38.1 Å². The average molecular weight is 497 g/mol. The predicted molar refractivity (Wildman–Crippen MR) is 130 cm³/mol. The van der Waals surface area contributed by atoms with Crippen LogP contribution in [0.4, 0.5) is 8.78 Å². The molecule has 0 spiro atoms. The molecule has 36 heavy (non-hydrogen) atoms. The third kappa shape index (κ3) is 5.96. The van der Waals surface area contributed by atoms with Gasteiger partial charge in [-0.15, -0.1) is 0 Å². The summed E-state index contributed by atoms with van der Waals surface area (Å²) in [5.41, 5.74) is 10.5. The molecule has 0 aliphatic rings. The highest BCUT2D eigenvalue weighted by Crippen LogP contribution is 2.21. The first-order chi connectivity index (χ1) is 16.9. The summed E-state index contributed by atoms with van der Waals surface area (Å²) in [5.74, 6) is -2.54. The second kappa shape index (κ2) is 9.56. The largest absolute Gasteiger partial charge is 0.439 e. The second-order valence-electron chi connectivity index (χ2n) is 9.09. The number of nitrogens with zero attached hydrogens (tertiary/aromatic N) is 2. The number of aromatic nitrogens is 2. The lowest BCUT2D eigenvalue weighted by Crippen LogP contribution is -2.45. The Balaban J connectivity index is 1.34. The van der Waals surface area contributed by atoms with Gasteiger partial charge in [0.05, 0.1) is 24.1 Å². The molecule has 0 bridgehead atoms. The van der Waals surface area contributed by atoms with Crippen LogP contribution in [0.1, 0.15) is 13.8 Å². The summed E-state index contributed by atoms with van der Waals surface area (Å²) in [7, 11) is 0. The molecule has 188 valence electrons. The van der Waals surface area contributed by atoms with E-state index < -0.39 is 35.0 Å². The number of carbonyl (C=O) groups is 2. The summed E-state index contributed by atoms with van der Waals surface area (Å²) >= 11 is 0. The topological polar surface area (TPSA) is 114 Å². The quantitative estimate of drug-likeness (QED) is 0.219. The molecule has 0 saturated heterocycles. The summed E-state index contributed by atoms with van der Waals surface area (Å²) in [6.07, 6.45) is 5.19. The van der Waals surface area contributed by atoms with Crippen LogP contribution < -0.4 is 11.5 Å². The van der Waals surface area contributed by atoms with Crippen molar-refractivity contribution >= 4 is 33.7 Å². The van der Waals surface area contributed by atoms with Crippen LogP contribution in [-0.4, -0.2) is 32.5 Å². The molecule has 4 aromatic rings. The maximum absolute atomic E-state index is 13.6. The van der Waals surface area contributed by atoms with E-state index in [0.717, 1.165) is 22.9 Å². The molecule has 2 heterocycles. The van der Waals surface area contributed by atoms with Crippen LogP contribution in [0.5, 0.6) is 0 Å². The number of esters is 2. The van der Waals surface area contributed by atoms with Crippen LogP contribution in [0.2, 0.25) is 0 Å². The summed E-state index contributed by atoms with van der Waals surface area (Å²) in [6.45, 7) is 3.08. The van der Waals surface area contributed by atoms with Gasteiger partial charge < -0.3 is 18.6 Å². The van der Waals surface area contributed by atoms with Crippen LogP contribution in [0.25, 0.3) is 21.8 Å². The summed E-state index contributed by atoms with van der Waals surface area (Å²) < 4.78 is 41.1. The summed E-state index contributed by atoms with van der Waals surface area (Å²) in [4.78, 5) is 24.5. The lowest BCUT2D eigenvalue weighted by Gasteiger charge is -2.26. The molecule has 2 aromatic heterocycles. The maximum atomic E-state index is 13.6. The summed E-state index contributed by atoms with van der Waals surface area (Å²) in [5, 5.41) is 1.62. The van der Waals surface area contributed by atoms with E-state index in [0.29, 0.717) is 11.0 Å². The third-order valence-corrected chi connectivity index (χ3v) is 5.46. The number of halogens is 2. The molecule has 0 amide bonds. The molecule has 4 rings (SSSR count). The van der Waals surface area contributed by atoms with Gasteiger partial charge in [-0.2, -0.15) is 0 Å². The first-order valence-electron chi connectivity index (χ1n) is 11.1. The Labute approximate surface area is 205 Å². The van der Waals surface area contributed by atoms with E-state index in [9.17, 15) is 18.4 Å². The van der Waals surface area contributed by atoms with Gasteiger partial charge in [0.2, 0.25) is 0 Å². The van der Waals surface area contributed by atoms with Crippen molar-refractivity contribution in [2.75, 3.05) is 0 Å². The number of nitrogens with two attached hydrogens (primary N) is 2. The molecule has 2 atom stereocenters. The zero-order chi connectivity index (χ0) is 26.1. The van der Waals surface area contributed by atoms with Crippen LogP contribution in [-0.2, 0) is 32.2 Å². The Hall–Kier alpha value is -4.02. The van der Waals surface area contributed by atoms with E-state index in [2.05, 4.69) is 0 Å². The van der Waals surface area contributed by atoms with E-state index >= 15 is 0 Å². The van der Waals surface area contributed by atoms with Crippen molar-refractivity contribution in [2.45, 2.75) is 38.4 Å². The molecule has 0 radical (unpaired) electrons. The number of fused-ring (bicyclic) bond motifs is 2. The molecular formula is C26H26F2N4O4. The van der Waals surface area contributed by atoms with E-state index in [1.807, 2.05) is 0 Å². The van der Waals surface area contributed by atoms with Gasteiger partial charge in [-0.25, -0.2) is 18.4 Å². The van der Waals surface area contributed by atoms with Crippen molar-refractivity contribution in [3.8, 4) is 0 Å². The van der Waals surface area contributed by atoms with Crippen LogP contribution in [0.15, 0.2) is 73.1 Å². The number of carbonyl (C=O) groups excluding carboxylic acids is 2. The van der Waals surface area contributed by atoms with Gasteiger partial charge >= 0.3 is 11.9 Å². The first-order valence-corrected chi connectivity index (χ1v) is 11.1. The fraction of sp³-hybridized carbons (Fsp3) is 0.231. The van der Waals surface area contributed by atoms with Crippen LogP contribution >= 0.6 is 0 Å². The van der Waals surface area contributed by atoms with Crippen molar-refractivity contribution in [3.05, 3.63) is 84.7 Å². The molecule has 0 aliphatic carbocycles. The second-order valence-corrected chi connectivity index (χ2v) is 9.09. The zero-order valence-corrected chi connectivity index (χ0v) is 19.8. The molecule has 10 heteroatoms. The minimum atomic E-state index is -1.45. The van der Waals surface area contributed by atoms with Crippen molar-refractivity contribution < 1.29 is 27.8 Å². The average Bonchev–Trinajstić information content (AvgIpc) is 3.34. The molecule has 2 aromatic carbocycles. The Morgan fingerprint density at radius 3 is 1.56 bits per heavy atom. The van der Waals surface area contributed by atoms with E-state index in [1.54, 1.807) is 45.8 Å². The molecule has 0 fully saturated rings. The number of hydrogen-bond donors (Lipinski definition) is 2. The van der Waals surface area contributed by atoms with Gasteiger partial charge in [0.15, 0.2) is 11.4 Å². The number of benzene rings is 2. The molecule has 0 saturated carbocycles. The van der Waals surface area contributed by atoms with Crippen molar-refractivity contribution in [1.82, 2.24) is 9.13 Å². The van der Waals surface area contributed by atoms with Crippen molar-refractivity contribution in [2.24, 2.45) is 11.5 Å². The smallest absolute Gasteiger partial charge is 0.332 e. The minimum absolute atomic E-state index is 0.0519. The van der Waals surface area contributed by atoms with Gasteiger partial charge in [0.1, 0.15) is 11.6 Å². The first kappa shape index (κ1) is 25.1. The van der Waals surface area contributed by atoms with Gasteiger partial charge in [-0.1, -0.05) is 0 Å². The van der Waals surface area contributed by atoms with Crippen molar-refractivity contribution in [1.29, 1.82) is 0 Å². The predicted octanol–water partition coefficient (Wildman–Crippen LogP) is 3.57. The fourth-order valence-corrected chi connectivity index (χ4v) is 3.99. The monoisotopic (exact) mass is 496 g/mol. The Bertz CT molecular complexity index is 1360. The van der Waals surface area contributed by atoms with Gasteiger partial charge in [0, 0.05) is 24.5 Å². The molecule has 2 unspecified atom stereocenters. The summed E-state index contributed by atoms with van der Waals surface area (Å²) in [6, 6.07) is 12.3. The normalized spacial score (nSPS) is 15.2. The number of hydrogen-bond acceptors (Lipinski definition) is 6. The lowest BCUT2D eigenvalue weighted by molar-refractivity contribution is -0.155. The van der Waals surface area contributed by atoms with E-state index in [-0.39, 0.29) is 13.1 Å². The van der Waals surface area contributed by atoms with Crippen LogP contribution in [0, 0.1) is 11.6 Å². The Morgan fingerprint density at radius 2 is 1.17 bits per heavy atom. The Morgan fingerprint density at radius 1 is 0.778 bits per heavy atom. The van der Waals surface area contributed by atoms with Gasteiger partial charge in [-0.05, 0) is 73.2 Å². The Kier molecular flexibility index (Phi) is 6.66. The van der Waals surface area contributed by atoms with Crippen LogP contribution in [0.3, 0.4) is 0 Å². The highest BCUT2D eigenvalue weighted by molar-refractivity contribution is 5.92. The third-order valence-electron chi connectivity index (χ3n) is 5.46. The molecule has 0 aliphatic heterocycles. The van der Waals surface area contributed by atoms with E-state index in [4.69, 9.17) is 20.9 Å². The lowest BCUT2D eigenvalue weighted by atomic mass is 10.2. The molecule has 4 N–H and O–H groups in total. The number of rotatable bonds is 8. The van der Waals surface area contributed by atoms with Gasteiger partial charge in [-0.3, -0.25) is 11.5 Å². The molecular weight excluding hydrogens is 470 g/mol. The SMILES string of the molecule is CC(N)(Cn1ccc2ccc(F)cc21)OC(=O)/C=C/C(=O)OC(C)(N)Cn1ccc2ccc(F)cc21. The maximum Gasteiger partial charge on any atom is 0.332 e. The standard InChI is InChI=1S/C26H26F2N4O4/c1-25(29,15-31-11-9-17-3-5-19(27)13-21(17)31)35-23(33)7-8-24(34)36-26(2,30)16-32-12-10-18-4-6-20(28)14-22(18)32/h3-14H,15-16,29-30H2,1-2H3/b8-7+. The van der Waals surface area contributed by atoms with Crippen molar-refractivity contribution in [3.63, 3.8) is 0 Å².